The molecule has 0 unspecified atom stereocenters. The van der Waals surface area contributed by atoms with Crippen LogP contribution in [-0.2, 0) is 20.0 Å². The predicted molar refractivity (Wildman–Crippen MR) is 239 cm³/mol. The number of hydrogen-bond acceptors (Lipinski definition) is 10. The number of hydrogen-bond donors (Lipinski definition) is 0. The number of aryl methyl sites for hydroxylation is 2. The van der Waals surface area contributed by atoms with E-state index in [2.05, 4.69) is 52.2 Å². The van der Waals surface area contributed by atoms with Crippen molar-refractivity contribution in [3.8, 4) is 22.5 Å². The highest BCUT2D eigenvalue weighted by Gasteiger charge is 2.31. The molecule has 0 amide bonds. The second kappa shape index (κ2) is 18.1. The molecule has 4 aromatic carbocycles. The maximum absolute atomic E-state index is 12.9. The Morgan fingerprint density at radius 1 is 0.500 bits per heavy atom. The van der Waals surface area contributed by atoms with E-state index >= 15 is 0 Å². The van der Waals surface area contributed by atoms with Gasteiger partial charge < -0.3 is 9.80 Å². The van der Waals surface area contributed by atoms with Gasteiger partial charge in [-0.1, -0.05) is 75.7 Å². The van der Waals surface area contributed by atoms with Gasteiger partial charge in [-0.2, -0.15) is 8.61 Å². The molecule has 58 heavy (non-hydrogen) atoms. The maximum Gasteiger partial charge on any atom is 0.243 e. The quantitative estimate of drug-likeness (QED) is 0.149. The van der Waals surface area contributed by atoms with Crippen molar-refractivity contribution in [2.75, 3.05) is 62.2 Å². The summed E-state index contributed by atoms with van der Waals surface area (Å²) in [6.45, 7) is 8.12. The normalized spacial score (nSPS) is 15.6. The number of piperazine rings is 2. The lowest BCUT2D eigenvalue weighted by Gasteiger charge is -2.33. The first-order valence-corrected chi connectivity index (χ1v) is 24.3. The number of halogens is 4. The summed E-state index contributed by atoms with van der Waals surface area (Å²) >= 11 is 27.2. The molecule has 2 aromatic heterocycles. The van der Waals surface area contributed by atoms with Gasteiger partial charge in [0.1, 0.15) is 0 Å². The summed E-state index contributed by atoms with van der Waals surface area (Å²) in [6.07, 6.45) is 0. The number of anilines is 2. The number of benzene rings is 4. The fraction of sp³-hybridized carbons (Fsp3) is 0.250. The van der Waals surface area contributed by atoms with Crippen molar-refractivity contribution in [2.45, 2.75) is 23.6 Å². The van der Waals surface area contributed by atoms with E-state index in [9.17, 15) is 16.8 Å². The summed E-state index contributed by atoms with van der Waals surface area (Å²) in [5.41, 5.74) is 6.16. The molecule has 18 heteroatoms. The van der Waals surface area contributed by atoms with Gasteiger partial charge in [-0.3, -0.25) is 0 Å². The molecular formula is C40H38Cl4N6O4S4. The second-order valence-corrected chi connectivity index (χ2v) is 21.1. The summed E-state index contributed by atoms with van der Waals surface area (Å²) in [7, 11) is -7.09. The van der Waals surface area contributed by atoms with Crippen LogP contribution in [0, 0.1) is 13.8 Å². The number of thiazole rings is 2. The minimum absolute atomic E-state index is 0.216. The van der Waals surface area contributed by atoms with Crippen LogP contribution in [0.15, 0.2) is 105 Å². The van der Waals surface area contributed by atoms with E-state index in [0.717, 1.165) is 32.8 Å². The van der Waals surface area contributed by atoms with Gasteiger partial charge in [-0.25, -0.2) is 26.8 Å². The first-order valence-electron chi connectivity index (χ1n) is 18.1. The summed E-state index contributed by atoms with van der Waals surface area (Å²) in [4.78, 5) is 14.2. The standard InChI is InChI=1S/C21H22ClN3O2S2.C19H16Cl3N3O2S2/c1-15-10-16(2)12-17(11-15)20-14-28-21(23-20)24-6-8-25(9-7-24)29(26,27)19-5-3-4-18(22)13-19;20-14-2-1-3-17(11-14)29(26,27)25-6-4-24(5-7-25)19-23-18(12-28-19)13-8-15(21)10-16(22)9-13/h3-5,10-14H,6-9H2,1-2H3;1-3,8-12H,4-7H2. The highest BCUT2D eigenvalue weighted by molar-refractivity contribution is 7.89. The van der Waals surface area contributed by atoms with E-state index in [1.54, 1.807) is 53.8 Å². The molecule has 2 saturated heterocycles. The molecule has 0 atom stereocenters. The van der Waals surface area contributed by atoms with Crippen LogP contribution >= 0.6 is 69.1 Å². The second-order valence-electron chi connectivity index (χ2n) is 13.8. The molecule has 2 aliphatic rings. The van der Waals surface area contributed by atoms with Gasteiger partial charge >= 0.3 is 0 Å². The Balaban J connectivity index is 0.000000177. The first-order chi connectivity index (χ1) is 27.6. The molecule has 10 nitrogen and oxygen atoms in total. The fourth-order valence-electron chi connectivity index (χ4n) is 6.70. The van der Waals surface area contributed by atoms with Crippen molar-refractivity contribution in [2.24, 2.45) is 0 Å². The average Bonchev–Trinajstić information content (AvgIpc) is 3.90. The lowest BCUT2D eigenvalue weighted by molar-refractivity contribution is 0.384. The third kappa shape index (κ3) is 10.0. The zero-order valence-electron chi connectivity index (χ0n) is 31.4. The topological polar surface area (TPSA) is 107 Å². The van der Waals surface area contributed by atoms with Gasteiger partial charge in [0.05, 0.1) is 21.2 Å². The molecule has 0 saturated carbocycles. The summed E-state index contributed by atoms with van der Waals surface area (Å²) in [5, 5.41) is 7.73. The van der Waals surface area contributed by atoms with E-state index in [1.807, 2.05) is 17.5 Å². The molecule has 4 heterocycles. The monoisotopic (exact) mass is 934 g/mol. The Hall–Kier alpha value is -3.28. The Morgan fingerprint density at radius 2 is 0.897 bits per heavy atom. The third-order valence-electron chi connectivity index (χ3n) is 9.55. The van der Waals surface area contributed by atoms with Crippen molar-refractivity contribution >= 4 is 99.4 Å². The van der Waals surface area contributed by atoms with Crippen LogP contribution in [-0.4, -0.2) is 87.8 Å². The number of rotatable bonds is 8. The number of sulfonamides is 2. The number of nitrogens with zero attached hydrogens (tertiary/aromatic N) is 6. The predicted octanol–water partition coefficient (Wildman–Crippen LogP) is 9.87. The van der Waals surface area contributed by atoms with Crippen LogP contribution in [0.5, 0.6) is 0 Å². The SMILES string of the molecule is Cc1cc(C)cc(-c2csc(N3CCN(S(=O)(=O)c4cccc(Cl)c4)CC3)n2)c1.O=S(=O)(c1cccc(Cl)c1)N1CCN(c2nc(-c3cc(Cl)cc(Cl)c3)cs2)CC1. The third-order valence-corrected chi connectivity index (χ3v) is 16.0. The lowest BCUT2D eigenvalue weighted by atomic mass is 10.1. The first kappa shape index (κ1) is 42.8. The fourth-order valence-corrected chi connectivity index (χ4v) is 12.5. The van der Waals surface area contributed by atoms with E-state index in [0.29, 0.717) is 72.4 Å². The Morgan fingerprint density at radius 3 is 1.29 bits per heavy atom. The van der Waals surface area contributed by atoms with Crippen molar-refractivity contribution in [3.63, 3.8) is 0 Å². The van der Waals surface area contributed by atoms with Gasteiger partial charge in [0.2, 0.25) is 20.0 Å². The van der Waals surface area contributed by atoms with Gasteiger partial charge in [0.15, 0.2) is 10.3 Å². The molecule has 304 valence electrons. The van der Waals surface area contributed by atoms with Gasteiger partial charge in [0.25, 0.3) is 0 Å². The van der Waals surface area contributed by atoms with Crippen LogP contribution in [0.3, 0.4) is 0 Å². The van der Waals surface area contributed by atoms with E-state index in [4.69, 9.17) is 51.4 Å². The molecule has 8 rings (SSSR count). The summed E-state index contributed by atoms with van der Waals surface area (Å²) < 4.78 is 54.4. The summed E-state index contributed by atoms with van der Waals surface area (Å²) in [5.74, 6) is 0. The molecule has 0 N–H and O–H groups in total. The van der Waals surface area contributed by atoms with Gasteiger partial charge in [0, 0.05) is 94.3 Å². The van der Waals surface area contributed by atoms with Crippen LogP contribution in [0.4, 0.5) is 10.3 Å². The van der Waals surface area contributed by atoms with Crippen molar-refractivity contribution < 1.29 is 16.8 Å². The van der Waals surface area contributed by atoms with Crippen LogP contribution in [0.1, 0.15) is 11.1 Å². The minimum atomic E-state index is -3.56. The number of aromatic nitrogens is 2. The minimum Gasteiger partial charge on any atom is -0.345 e. The maximum atomic E-state index is 12.9. The van der Waals surface area contributed by atoms with Crippen LogP contribution in [0.2, 0.25) is 20.1 Å². The lowest BCUT2D eigenvalue weighted by Crippen LogP contribution is -2.48. The molecule has 2 fully saturated rings. The van der Waals surface area contributed by atoms with E-state index < -0.39 is 20.0 Å². The van der Waals surface area contributed by atoms with Crippen LogP contribution < -0.4 is 9.80 Å². The zero-order chi connectivity index (χ0) is 41.2. The highest BCUT2D eigenvalue weighted by atomic mass is 35.5. The Kier molecular flexibility index (Phi) is 13.4. The van der Waals surface area contributed by atoms with Crippen molar-refractivity contribution in [1.29, 1.82) is 0 Å². The average molecular weight is 937 g/mol. The zero-order valence-corrected chi connectivity index (χ0v) is 37.6. The molecule has 2 aliphatic heterocycles. The largest absolute Gasteiger partial charge is 0.345 e. The molecular weight excluding hydrogens is 899 g/mol. The Bertz CT molecular complexity index is 2420. The molecule has 6 aromatic rings. The Labute approximate surface area is 367 Å². The van der Waals surface area contributed by atoms with Gasteiger partial charge in [-0.05, 0) is 80.6 Å². The van der Waals surface area contributed by atoms with Gasteiger partial charge in [-0.15, -0.1) is 22.7 Å². The smallest absolute Gasteiger partial charge is 0.243 e. The van der Waals surface area contributed by atoms with E-state index in [1.165, 1.54) is 43.2 Å². The van der Waals surface area contributed by atoms with Crippen molar-refractivity contribution in [1.82, 2.24) is 18.6 Å². The molecule has 0 aliphatic carbocycles. The molecule has 0 bridgehead atoms. The van der Waals surface area contributed by atoms with Crippen molar-refractivity contribution in [3.05, 3.63) is 127 Å². The van der Waals surface area contributed by atoms with E-state index in [-0.39, 0.29) is 9.79 Å². The molecule has 0 spiro atoms. The highest BCUT2D eigenvalue weighted by Crippen LogP contribution is 2.33. The van der Waals surface area contributed by atoms with Crippen LogP contribution in [0.25, 0.3) is 22.5 Å². The molecule has 0 radical (unpaired) electrons. The summed E-state index contributed by atoms with van der Waals surface area (Å²) in [6, 6.07) is 24.5.